The first-order valence-electron chi connectivity index (χ1n) is 11.3. The van der Waals surface area contributed by atoms with E-state index in [4.69, 9.17) is 4.74 Å². The number of amides is 2. The van der Waals surface area contributed by atoms with Gasteiger partial charge in [-0.25, -0.2) is 0 Å². The van der Waals surface area contributed by atoms with Crippen molar-refractivity contribution in [3.05, 3.63) is 28.8 Å². The fraction of sp³-hybridized carbons (Fsp3) is 0.583. The zero-order valence-corrected chi connectivity index (χ0v) is 19.3. The molecule has 1 saturated heterocycles. The van der Waals surface area contributed by atoms with E-state index >= 15 is 0 Å². The van der Waals surface area contributed by atoms with Crippen molar-refractivity contribution in [3.63, 3.8) is 0 Å². The summed E-state index contributed by atoms with van der Waals surface area (Å²) < 4.78 is 4.89. The number of aromatic hydroxyl groups is 1. The molecule has 1 aromatic rings. The highest BCUT2D eigenvalue weighted by molar-refractivity contribution is 6.02. The molecule has 8 nitrogen and oxygen atoms in total. The molecule has 0 bridgehead atoms. The number of hydrogen-bond donors (Lipinski definition) is 2. The van der Waals surface area contributed by atoms with Crippen molar-refractivity contribution in [1.29, 1.82) is 0 Å². The number of hydrogen-bond acceptors (Lipinski definition) is 6. The maximum Gasteiger partial charge on any atom is 0.306 e. The number of phenolic OH excluding ortho intramolecular Hbond substituents is 1. The number of carbonyl (C=O) groups is 4. The molecule has 2 rings (SSSR count). The van der Waals surface area contributed by atoms with Gasteiger partial charge in [0.2, 0.25) is 5.91 Å². The third-order valence-corrected chi connectivity index (χ3v) is 6.18. The van der Waals surface area contributed by atoms with E-state index in [1.807, 2.05) is 20.8 Å². The summed E-state index contributed by atoms with van der Waals surface area (Å²) in [7, 11) is 0. The number of esters is 1. The van der Waals surface area contributed by atoms with Crippen molar-refractivity contribution in [1.82, 2.24) is 10.2 Å². The predicted molar refractivity (Wildman–Crippen MR) is 120 cm³/mol. The lowest BCUT2D eigenvalue weighted by molar-refractivity contribution is -0.143. The number of carbonyl (C=O) groups excluding carboxylic acids is 4. The summed E-state index contributed by atoms with van der Waals surface area (Å²) in [5, 5.41) is 13.4. The predicted octanol–water partition coefficient (Wildman–Crippen LogP) is 2.86. The molecule has 1 aliphatic rings. The standard InChI is InChI=1S/C24H34N2O6/c1-5-15(3)21(24(31)26-13-7-8-16(26)4)25-23(30)18-11-9-17(19(14-27)22(18)29)10-12-20(28)32-6-2/h9,11,14-16,21,29H,5-8,10,12-13H2,1-4H3,(H,25,30). The van der Waals surface area contributed by atoms with E-state index in [0.717, 1.165) is 12.8 Å². The Labute approximate surface area is 189 Å². The van der Waals surface area contributed by atoms with E-state index in [0.29, 0.717) is 24.8 Å². The van der Waals surface area contributed by atoms with Crippen LogP contribution in [0.15, 0.2) is 12.1 Å². The number of nitrogens with zero attached hydrogens (tertiary/aromatic N) is 1. The minimum Gasteiger partial charge on any atom is -0.506 e. The summed E-state index contributed by atoms with van der Waals surface area (Å²) in [5.41, 5.74) is 0.326. The van der Waals surface area contributed by atoms with Crippen molar-refractivity contribution < 1.29 is 29.0 Å². The summed E-state index contributed by atoms with van der Waals surface area (Å²) in [6.07, 6.45) is 3.28. The van der Waals surface area contributed by atoms with Gasteiger partial charge in [-0.15, -0.1) is 0 Å². The van der Waals surface area contributed by atoms with Gasteiger partial charge in [0.05, 0.1) is 17.7 Å². The molecule has 32 heavy (non-hydrogen) atoms. The number of ether oxygens (including phenoxy) is 1. The summed E-state index contributed by atoms with van der Waals surface area (Å²) >= 11 is 0. The van der Waals surface area contributed by atoms with Crippen LogP contribution in [0.2, 0.25) is 0 Å². The lowest BCUT2D eigenvalue weighted by atomic mass is 9.95. The van der Waals surface area contributed by atoms with E-state index in [1.54, 1.807) is 17.9 Å². The Kier molecular flexibility index (Phi) is 9.23. The van der Waals surface area contributed by atoms with Gasteiger partial charge in [-0.1, -0.05) is 26.3 Å². The van der Waals surface area contributed by atoms with Crippen LogP contribution in [0.1, 0.15) is 79.7 Å². The Morgan fingerprint density at radius 1 is 1.31 bits per heavy atom. The highest BCUT2D eigenvalue weighted by atomic mass is 16.5. The highest BCUT2D eigenvalue weighted by Crippen LogP contribution is 2.27. The molecule has 0 saturated carbocycles. The van der Waals surface area contributed by atoms with E-state index in [-0.39, 0.29) is 48.4 Å². The van der Waals surface area contributed by atoms with Crippen LogP contribution in [0.3, 0.4) is 0 Å². The molecular formula is C24H34N2O6. The van der Waals surface area contributed by atoms with Gasteiger partial charge >= 0.3 is 5.97 Å². The molecular weight excluding hydrogens is 412 g/mol. The van der Waals surface area contributed by atoms with Crippen molar-refractivity contribution in [2.24, 2.45) is 5.92 Å². The molecule has 2 amide bonds. The van der Waals surface area contributed by atoms with E-state index in [9.17, 15) is 24.3 Å². The van der Waals surface area contributed by atoms with Crippen LogP contribution in [0.5, 0.6) is 5.75 Å². The first-order chi connectivity index (χ1) is 15.2. The molecule has 0 spiro atoms. The van der Waals surface area contributed by atoms with E-state index in [2.05, 4.69) is 5.32 Å². The third kappa shape index (κ3) is 5.87. The number of likely N-dealkylation sites (tertiary alicyclic amines) is 1. The zero-order chi connectivity index (χ0) is 23.8. The monoisotopic (exact) mass is 446 g/mol. The molecule has 1 heterocycles. The van der Waals surface area contributed by atoms with Crippen LogP contribution in [0, 0.1) is 5.92 Å². The Hall–Kier alpha value is -2.90. The summed E-state index contributed by atoms with van der Waals surface area (Å²) in [6.45, 7) is 8.48. The average Bonchev–Trinajstić information content (AvgIpc) is 3.20. The number of nitrogens with one attached hydrogen (secondary N) is 1. The topological polar surface area (TPSA) is 113 Å². The van der Waals surface area contributed by atoms with Gasteiger partial charge < -0.3 is 20.1 Å². The first kappa shape index (κ1) is 25.4. The second-order valence-electron chi connectivity index (χ2n) is 8.32. The van der Waals surface area contributed by atoms with E-state index < -0.39 is 23.7 Å². The van der Waals surface area contributed by atoms with Gasteiger partial charge in [0.15, 0.2) is 6.29 Å². The number of rotatable bonds is 10. The molecule has 1 fully saturated rings. The van der Waals surface area contributed by atoms with Gasteiger partial charge in [0.1, 0.15) is 11.8 Å². The van der Waals surface area contributed by atoms with Crippen LogP contribution in [-0.2, 0) is 20.7 Å². The minimum atomic E-state index is -0.726. The Balaban J connectivity index is 2.23. The molecule has 1 aliphatic heterocycles. The average molecular weight is 447 g/mol. The van der Waals surface area contributed by atoms with Gasteiger partial charge in [-0.3, -0.25) is 19.2 Å². The molecule has 0 aliphatic carbocycles. The lowest BCUT2D eigenvalue weighted by Gasteiger charge is -2.30. The zero-order valence-electron chi connectivity index (χ0n) is 19.3. The second kappa shape index (κ2) is 11.6. The first-order valence-corrected chi connectivity index (χ1v) is 11.3. The normalized spacial score (nSPS) is 17.5. The largest absolute Gasteiger partial charge is 0.506 e. The third-order valence-electron chi connectivity index (χ3n) is 6.18. The molecule has 0 radical (unpaired) electrons. The van der Waals surface area contributed by atoms with Crippen LogP contribution in [-0.4, -0.2) is 59.3 Å². The molecule has 3 unspecified atom stereocenters. The molecule has 3 atom stereocenters. The van der Waals surface area contributed by atoms with Crippen LogP contribution >= 0.6 is 0 Å². The Morgan fingerprint density at radius 3 is 2.59 bits per heavy atom. The number of phenols is 1. The van der Waals surface area contributed by atoms with E-state index in [1.165, 1.54) is 6.07 Å². The molecule has 1 aromatic carbocycles. The smallest absolute Gasteiger partial charge is 0.306 e. The maximum absolute atomic E-state index is 13.1. The Bertz CT molecular complexity index is 853. The van der Waals surface area contributed by atoms with Gasteiger partial charge in [0.25, 0.3) is 5.91 Å². The summed E-state index contributed by atoms with van der Waals surface area (Å²) in [6, 6.07) is 2.35. The summed E-state index contributed by atoms with van der Waals surface area (Å²) in [5.74, 6) is -1.71. The summed E-state index contributed by atoms with van der Waals surface area (Å²) in [4.78, 5) is 51.2. The number of aryl methyl sites for hydroxylation is 1. The van der Waals surface area contributed by atoms with Crippen molar-refractivity contribution in [2.75, 3.05) is 13.2 Å². The molecule has 2 N–H and O–H groups in total. The maximum atomic E-state index is 13.1. The second-order valence-corrected chi connectivity index (χ2v) is 8.32. The van der Waals surface area contributed by atoms with Crippen LogP contribution < -0.4 is 5.32 Å². The lowest BCUT2D eigenvalue weighted by Crippen LogP contribution is -2.52. The quantitative estimate of drug-likeness (QED) is 0.422. The minimum absolute atomic E-state index is 0.0402. The van der Waals surface area contributed by atoms with Crippen LogP contribution in [0.4, 0.5) is 0 Å². The van der Waals surface area contributed by atoms with Gasteiger partial charge in [-0.05, 0) is 50.7 Å². The van der Waals surface area contributed by atoms with Crippen molar-refractivity contribution >= 4 is 24.1 Å². The Morgan fingerprint density at radius 2 is 2.03 bits per heavy atom. The molecule has 0 aromatic heterocycles. The number of benzene rings is 1. The molecule has 8 heteroatoms. The van der Waals surface area contributed by atoms with Gasteiger partial charge in [0, 0.05) is 19.0 Å². The SMILES string of the molecule is CCOC(=O)CCc1ccc(C(=O)NC(C(=O)N2CCCC2C)C(C)CC)c(O)c1C=O. The van der Waals surface area contributed by atoms with Crippen molar-refractivity contribution in [2.45, 2.75) is 71.9 Å². The van der Waals surface area contributed by atoms with Crippen LogP contribution in [0.25, 0.3) is 0 Å². The van der Waals surface area contributed by atoms with Gasteiger partial charge in [-0.2, -0.15) is 0 Å². The molecule has 176 valence electrons. The number of aldehydes is 1. The fourth-order valence-corrected chi connectivity index (χ4v) is 3.99. The highest BCUT2D eigenvalue weighted by Gasteiger charge is 2.34. The fourth-order valence-electron chi connectivity index (χ4n) is 3.99. The van der Waals surface area contributed by atoms with Crippen molar-refractivity contribution in [3.8, 4) is 5.75 Å².